The zero-order chi connectivity index (χ0) is 22.3. The summed E-state index contributed by atoms with van der Waals surface area (Å²) in [5, 5.41) is 4.23. The van der Waals surface area contributed by atoms with Crippen molar-refractivity contribution in [3.05, 3.63) is 71.8 Å². The Balaban J connectivity index is 1.45. The predicted octanol–water partition coefficient (Wildman–Crippen LogP) is 4.59. The summed E-state index contributed by atoms with van der Waals surface area (Å²) in [5.74, 6) is 0.742. The van der Waals surface area contributed by atoms with E-state index in [2.05, 4.69) is 10.1 Å². The lowest BCUT2D eigenvalue weighted by Gasteiger charge is -2.43. The monoisotopic (exact) mass is 433 g/mol. The van der Waals surface area contributed by atoms with Gasteiger partial charge in [-0.25, -0.2) is 0 Å². The Morgan fingerprint density at radius 1 is 1.09 bits per heavy atom. The molecule has 2 saturated heterocycles. The summed E-state index contributed by atoms with van der Waals surface area (Å²) in [4.78, 5) is 22.9. The normalized spacial score (nSPS) is 20.5. The van der Waals surface area contributed by atoms with Gasteiger partial charge in [-0.15, -0.1) is 0 Å². The molecule has 0 bridgehead atoms. The van der Waals surface area contributed by atoms with E-state index in [9.17, 15) is 4.79 Å². The minimum atomic E-state index is -0.155. The molecule has 0 radical (unpaired) electrons. The van der Waals surface area contributed by atoms with Gasteiger partial charge in [0.25, 0.3) is 5.91 Å². The summed E-state index contributed by atoms with van der Waals surface area (Å²) in [6.07, 6.45) is 5.41. The molecule has 1 amide bonds. The van der Waals surface area contributed by atoms with Gasteiger partial charge in [0.05, 0.1) is 18.9 Å². The molecule has 2 aliphatic rings. The highest BCUT2D eigenvalue weighted by Crippen LogP contribution is 2.43. The lowest BCUT2D eigenvalue weighted by molar-refractivity contribution is -0.119. The molecule has 2 aromatic rings. The zero-order valence-corrected chi connectivity index (χ0v) is 18.9. The van der Waals surface area contributed by atoms with Crippen molar-refractivity contribution < 1.29 is 14.4 Å². The number of nitrogens with zero attached hydrogens (tertiary/aromatic N) is 3. The third-order valence-electron chi connectivity index (χ3n) is 5.97. The Labute approximate surface area is 190 Å². The molecule has 32 heavy (non-hydrogen) atoms. The van der Waals surface area contributed by atoms with Crippen LogP contribution in [0.25, 0.3) is 0 Å². The summed E-state index contributed by atoms with van der Waals surface area (Å²) < 4.78 is 5.25. The molecule has 6 nitrogen and oxygen atoms in total. The van der Waals surface area contributed by atoms with E-state index in [1.807, 2.05) is 72.5 Å². The number of ether oxygens (including phenoxy) is 1. The number of β-lactam (4-membered cyclic amide) rings is 1. The van der Waals surface area contributed by atoms with Gasteiger partial charge in [0.2, 0.25) is 0 Å². The Bertz CT molecular complexity index is 964. The van der Waals surface area contributed by atoms with E-state index in [-0.39, 0.29) is 11.9 Å². The second kappa shape index (κ2) is 10.5. The van der Waals surface area contributed by atoms with Crippen LogP contribution >= 0.6 is 0 Å². The van der Waals surface area contributed by atoms with E-state index in [4.69, 9.17) is 9.57 Å². The van der Waals surface area contributed by atoms with Gasteiger partial charge in [-0.05, 0) is 75.2 Å². The molecule has 2 fully saturated rings. The van der Waals surface area contributed by atoms with Crippen molar-refractivity contribution in [1.29, 1.82) is 0 Å². The highest BCUT2D eigenvalue weighted by atomic mass is 16.6. The van der Waals surface area contributed by atoms with E-state index in [0.717, 1.165) is 30.0 Å². The van der Waals surface area contributed by atoms with Crippen LogP contribution in [0.4, 0.5) is 5.69 Å². The Hall–Kier alpha value is -3.12. The van der Waals surface area contributed by atoms with Gasteiger partial charge < -0.3 is 14.5 Å². The number of allylic oxidation sites excluding steroid dienone is 1. The molecule has 6 heteroatoms. The highest BCUT2D eigenvalue weighted by molar-refractivity contribution is 6.18. The van der Waals surface area contributed by atoms with Crippen LogP contribution in [0.2, 0.25) is 0 Å². The van der Waals surface area contributed by atoms with E-state index < -0.39 is 0 Å². The molecule has 2 heterocycles. The van der Waals surface area contributed by atoms with Crippen LogP contribution in [0.3, 0.4) is 0 Å². The van der Waals surface area contributed by atoms with Gasteiger partial charge >= 0.3 is 0 Å². The summed E-state index contributed by atoms with van der Waals surface area (Å²) in [7, 11) is 1.63. The third-order valence-corrected chi connectivity index (χ3v) is 5.97. The van der Waals surface area contributed by atoms with Crippen molar-refractivity contribution in [2.75, 3.05) is 38.3 Å². The molecule has 0 aromatic heterocycles. The number of anilines is 1. The number of amides is 1. The van der Waals surface area contributed by atoms with Crippen LogP contribution < -0.4 is 9.64 Å². The average Bonchev–Trinajstić information content (AvgIpc) is 3.35. The number of hydrogen-bond acceptors (Lipinski definition) is 5. The maximum absolute atomic E-state index is 13.1. The minimum absolute atomic E-state index is 0.0207. The predicted molar refractivity (Wildman–Crippen MR) is 127 cm³/mol. The van der Waals surface area contributed by atoms with Crippen molar-refractivity contribution in [3.63, 3.8) is 0 Å². The number of oxime groups is 1. The highest BCUT2D eigenvalue weighted by Gasteiger charge is 2.43. The molecule has 2 aromatic carbocycles. The van der Waals surface area contributed by atoms with Crippen LogP contribution in [0, 0.1) is 0 Å². The lowest BCUT2D eigenvalue weighted by Crippen LogP contribution is -2.49. The molecule has 2 aliphatic heterocycles. The van der Waals surface area contributed by atoms with Crippen molar-refractivity contribution in [1.82, 2.24) is 4.90 Å². The Kier molecular flexibility index (Phi) is 7.22. The number of carbonyl (C=O) groups excluding carboxylic acids is 1. The van der Waals surface area contributed by atoms with Crippen molar-refractivity contribution >= 4 is 17.3 Å². The van der Waals surface area contributed by atoms with Crippen LogP contribution in [0.15, 0.2) is 71.4 Å². The number of carbonyl (C=O) groups is 1. The standard InChI is InChI=1S/C26H31N3O3/c1-20(27-32-18-8-17-28-15-6-7-16-28)19-24-25(21-9-4-3-5-10-21)29(26(24)30)22-11-13-23(31-2)14-12-22/h3-5,9-14,19,25H,6-8,15-18H2,1-2H3. The number of rotatable bonds is 9. The van der Waals surface area contributed by atoms with Gasteiger partial charge in [0.15, 0.2) is 0 Å². The first-order valence-electron chi connectivity index (χ1n) is 11.3. The fourth-order valence-corrected chi connectivity index (χ4v) is 4.32. The van der Waals surface area contributed by atoms with Crippen LogP contribution in [-0.2, 0) is 9.63 Å². The summed E-state index contributed by atoms with van der Waals surface area (Å²) in [5.41, 5.74) is 3.32. The fraction of sp³-hybridized carbons (Fsp3) is 0.385. The van der Waals surface area contributed by atoms with Gasteiger partial charge in [0, 0.05) is 17.8 Å². The van der Waals surface area contributed by atoms with Crippen molar-refractivity contribution in [2.24, 2.45) is 5.16 Å². The Morgan fingerprint density at radius 3 is 2.50 bits per heavy atom. The number of benzene rings is 2. The minimum Gasteiger partial charge on any atom is -0.497 e. The average molecular weight is 434 g/mol. The topological polar surface area (TPSA) is 54.4 Å². The molecule has 0 N–H and O–H groups in total. The maximum atomic E-state index is 13.1. The van der Waals surface area contributed by atoms with E-state index in [1.165, 1.54) is 25.9 Å². The number of methoxy groups -OCH3 is 1. The fourth-order valence-electron chi connectivity index (χ4n) is 4.32. The molecule has 0 aliphatic carbocycles. The van der Waals surface area contributed by atoms with Crippen molar-refractivity contribution in [2.45, 2.75) is 32.2 Å². The van der Waals surface area contributed by atoms with E-state index in [0.29, 0.717) is 17.9 Å². The maximum Gasteiger partial charge on any atom is 0.257 e. The van der Waals surface area contributed by atoms with Crippen LogP contribution in [0.5, 0.6) is 5.75 Å². The lowest BCUT2D eigenvalue weighted by atomic mass is 9.86. The second-order valence-corrected chi connectivity index (χ2v) is 8.25. The first-order chi connectivity index (χ1) is 15.7. The number of likely N-dealkylation sites (tertiary alicyclic amines) is 1. The summed E-state index contributed by atoms with van der Waals surface area (Å²) in [6.45, 7) is 5.91. The van der Waals surface area contributed by atoms with E-state index >= 15 is 0 Å². The molecule has 1 unspecified atom stereocenters. The quantitative estimate of drug-likeness (QED) is 0.191. The second-order valence-electron chi connectivity index (χ2n) is 8.25. The molecule has 168 valence electrons. The van der Waals surface area contributed by atoms with Gasteiger partial charge in [0.1, 0.15) is 12.4 Å². The molecule has 0 spiro atoms. The largest absolute Gasteiger partial charge is 0.497 e. The third kappa shape index (κ3) is 5.02. The van der Waals surface area contributed by atoms with E-state index in [1.54, 1.807) is 7.11 Å². The molecule has 0 saturated carbocycles. The summed E-state index contributed by atoms with van der Waals surface area (Å²) in [6, 6.07) is 17.5. The van der Waals surface area contributed by atoms with Crippen LogP contribution in [0.1, 0.15) is 37.8 Å². The SMILES string of the molecule is COc1ccc(N2C(=O)C(=CC(C)=NOCCCN3CCCC3)C2c2ccccc2)cc1. The van der Waals surface area contributed by atoms with Crippen LogP contribution in [-0.4, -0.2) is 49.9 Å². The Morgan fingerprint density at radius 2 is 1.81 bits per heavy atom. The van der Waals surface area contributed by atoms with Gasteiger partial charge in [-0.3, -0.25) is 9.69 Å². The summed E-state index contributed by atoms with van der Waals surface area (Å²) >= 11 is 0. The molecule has 4 rings (SSSR count). The first-order valence-corrected chi connectivity index (χ1v) is 11.3. The smallest absolute Gasteiger partial charge is 0.257 e. The number of hydrogen-bond donors (Lipinski definition) is 0. The zero-order valence-electron chi connectivity index (χ0n) is 18.9. The van der Waals surface area contributed by atoms with Gasteiger partial charge in [-0.2, -0.15) is 0 Å². The van der Waals surface area contributed by atoms with Crippen molar-refractivity contribution in [3.8, 4) is 5.75 Å². The molecular formula is C26H31N3O3. The molecule has 1 atom stereocenters. The van der Waals surface area contributed by atoms with Gasteiger partial charge in [-0.1, -0.05) is 35.5 Å². The molecular weight excluding hydrogens is 402 g/mol. The first kappa shape index (κ1) is 22.1.